The highest BCUT2D eigenvalue weighted by Crippen LogP contribution is 2.30. The second-order valence-corrected chi connectivity index (χ2v) is 13.9. The molecule has 4 aromatic carbocycles. The highest BCUT2D eigenvalue weighted by atomic mass is 32.2. The molecule has 0 aliphatic rings. The van der Waals surface area contributed by atoms with Crippen LogP contribution in [-0.4, -0.2) is 41.5 Å². The molecule has 4 aromatic rings. The predicted octanol–water partition coefficient (Wildman–Crippen LogP) is 5.14. The molecule has 0 bridgehead atoms. The standard InChI is InChI=1S/C29H28N4O8S4/c1-40-24-11-15-26(16-12-24)44(36,37)32(28(34)42-30)22-7-3-20(4-8-22)19-21-5-9-23(10-6-21)33(29(35)43-31)45(38,39)27-17-13-25(41-2)14-18-27/h3-18H,19,30-31H2,1-2H3. The third kappa shape index (κ3) is 7.43. The lowest BCUT2D eigenvalue weighted by Crippen LogP contribution is -2.35. The summed E-state index contributed by atoms with van der Waals surface area (Å²) < 4.78 is 64.9. The van der Waals surface area contributed by atoms with Crippen molar-refractivity contribution in [1.82, 2.24) is 0 Å². The highest BCUT2D eigenvalue weighted by molar-refractivity contribution is 8.14. The Hall–Kier alpha value is -4.06. The van der Waals surface area contributed by atoms with Gasteiger partial charge in [-0.2, -0.15) is 8.61 Å². The van der Waals surface area contributed by atoms with Crippen molar-refractivity contribution in [3.05, 3.63) is 108 Å². The zero-order chi connectivity index (χ0) is 32.8. The first-order valence-corrected chi connectivity index (χ1v) is 17.5. The number of nitrogens with zero attached hydrogens (tertiary/aromatic N) is 2. The van der Waals surface area contributed by atoms with Gasteiger partial charge >= 0.3 is 10.5 Å². The number of sulfonamides is 2. The van der Waals surface area contributed by atoms with Gasteiger partial charge in [-0.25, -0.2) is 16.8 Å². The minimum absolute atomic E-state index is 0.0880. The van der Waals surface area contributed by atoms with Gasteiger partial charge in [-0.1, -0.05) is 24.3 Å². The van der Waals surface area contributed by atoms with Crippen LogP contribution >= 0.6 is 23.9 Å². The van der Waals surface area contributed by atoms with E-state index in [2.05, 4.69) is 0 Å². The van der Waals surface area contributed by atoms with Gasteiger partial charge in [0.15, 0.2) is 0 Å². The SMILES string of the molecule is COc1ccc(S(=O)(=O)N(C(=O)SN)c2ccc(Cc3ccc(N(C(=O)SN)S(=O)(=O)c4ccc(OC)cc4)cc3)cc2)cc1. The highest BCUT2D eigenvalue weighted by Gasteiger charge is 2.32. The Kier molecular flexibility index (Phi) is 10.8. The van der Waals surface area contributed by atoms with E-state index in [0.29, 0.717) is 26.5 Å². The van der Waals surface area contributed by atoms with Crippen LogP contribution in [0.5, 0.6) is 11.5 Å². The lowest BCUT2D eigenvalue weighted by Gasteiger charge is -2.22. The summed E-state index contributed by atoms with van der Waals surface area (Å²) in [5.41, 5.74) is 1.70. The summed E-state index contributed by atoms with van der Waals surface area (Å²) in [5.74, 6) is 0.905. The van der Waals surface area contributed by atoms with E-state index in [1.807, 2.05) is 0 Å². The number of rotatable bonds is 10. The number of amides is 2. The molecule has 0 fully saturated rings. The van der Waals surface area contributed by atoms with E-state index in [1.54, 1.807) is 24.3 Å². The molecule has 0 radical (unpaired) electrons. The number of ether oxygens (including phenoxy) is 2. The molecule has 12 nitrogen and oxygen atoms in total. The molecule has 0 aromatic heterocycles. The van der Waals surface area contributed by atoms with E-state index < -0.39 is 30.5 Å². The molecule has 0 unspecified atom stereocenters. The fourth-order valence-electron chi connectivity index (χ4n) is 4.22. The van der Waals surface area contributed by atoms with Gasteiger partial charge in [0.25, 0.3) is 20.0 Å². The molecule has 236 valence electrons. The van der Waals surface area contributed by atoms with Gasteiger partial charge in [-0.15, -0.1) is 0 Å². The van der Waals surface area contributed by atoms with Crippen molar-refractivity contribution in [2.45, 2.75) is 16.2 Å². The predicted molar refractivity (Wildman–Crippen MR) is 175 cm³/mol. The molecule has 0 saturated heterocycles. The fourth-order valence-corrected chi connectivity index (χ4v) is 8.04. The number of hydrogen-bond acceptors (Lipinski definition) is 12. The van der Waals surface area contributed by atoms with Crippen LogP contribution in [0, 0.1) is 0 Å². The van der Waals surface area contributed by atoms with Crippen LogP contribution in [0.3, 0.4) is 0 Å². The van der Waals surface area contributed by atoms with Gasteiger partial charge in [0, 0.05) is 23.9 Å². The minimum atomic E-state index is -4.29. The van der Waals surface area contributed by atoms with Crippen LogP contribution in [0.4, 0.5) is 21.0 Å². The molecule has 0 saturated carbocycles. The summed E-state index contributed by atoms with van der Waals surface area (Å²) in [6, 6.07) is 23.8. The van der Waals surface area contributed by atoms with Crippen molar-refractivity contribution in [3.8, 4) is 11.5 Å². The van der Waals surface area contributed by atoms with Gasteiger partial charge in [0.05, 0.1) is 35.4 Å². The van der Waals surface area contributed by atoms with E-state index in [-0.39, 0.29) is 45.1 Å². The normalized spacial score (nSPS) is 11.5. The summed E-state index contributed by atoms with van der Waals surface area (Å²) in [5, 5.41) is 9.13. The summed E-state index contributed by atoms with van der Waals surface area (Å²) in [7, 11) is -5.68. The fraction of sp³-hybridized carbons (Fsp3) is 0.103. The maximum atomic E-state index is 13.4. The molecule has 0 spiro atoms. The molecule has 45 heavy (non-hydrogen) atoms. The van der Waals surface area contributed by atoms with Gasteiger partial charge in [-0.3, -0.25) is 19.9 Å². The Morgan fingerprint density at radius 3 is 1.16 bits per heavy atom. The Morgan fingerprint density at radius 1 is 0.578 bits per heavy atom. The lowest BCUT2D eigenvalue weighted by atomic mass is 10.0. The third-order valence-electron chi connectivity index (χ3n) is 6.48. The quantitative estimate of drug-likeness (QED) is 0.210. The first kappa shape index (κ1) is 33.8. The number of anilines is 2. The van der Waals surface area contributed by atoms with E-state index in [0.717, 1.165) is 11.1 Å². The number of benzene rings is 4. The monoisotopic (exact) mass is 688 g/mol. The maximum Gasteiger partial charge on any atom is 0.314 e. The molecule has 0 aliphatic heterocycles. The summed E-state index contributed by atoms with van der Waals surface area (Å²) in [6.45, 7) is 0. The average Bonchev–Trinajstić information content (AvgIpc) is 3.06. The van der Waals surface area contributed by atoms with E-state index in [9.17, 15) is 26.4 Å². The zero-order valence-corrected chi connectivity index (χ0v) is 27.2. The number of nitrogens with two attached hydrogens (primary N) is 2. The largest absolute Gasteiger partial charge is 0.497 e. The van der Waals surface area contributed by atoms with Crippen LogP contribution in [-0.2, 0) is 26.5 Å². The van der Waals surface area contributed by atoms with E-state index in [1.165, 1.54) is 87.0 Å². The van der Waals surface area contributed by atoms with Crippen LogP contribution in [0.15, 0.2) is 107 Å². The molecular formula is C29H28N4O8S4. The first-order chi connectivity index (χ1) is 21.5. The summed E-state index contributed by atoms with van der Waals surface area (Å²) in [6.07, 6.45) is 0.371. The smallest absolute Gasteiger partial charge is 0.314 e. The van der Waals surface area contributed by atoms with Crippen molar-refractivity contribution in [3.63, 3.8) is 0 Å². The van der Waals surface area contributed by atoms with Crippen molar-refractivity contribution in [2.24, 2.45) is 10.3 Å². The van der Waals surface area contributed by atoms with Gasteiger partial charge in [0.1, 0.15) is 11.5 Å². The average molecular weight is 689 g/mol. The van der Waals surface area contributed by atoms with Crippen molar-refractivity contribution in [1.29, 1.82) is 0 Å². The third-order valence-corrected chi connectivity index (χ3v) is 10.9. The van der Waals surface area contributed by atoms with Crippen LogP contribution in [0.25, 0.3) is 0 Å². The van der Waals surface area contributed by atoms with Gasteiger partial charge in [-0.05, 0) is 90.3 Å². The number of carbonyl (C=O) groups is 2. The molecule has 16 heteroatoms. The Morgan fingerprint density at radius 2 is 0.889 bits per heavy atom. The van der Waals surface area contributed by atoms with Gasteiger partial charge < -0.3 is 9.47 Å². The topological polar surface area (TPSA) is 179 Å². The second-order valence-electron chi connectivity index (χ2n) is 9.17. The Labute approximate surface area is 269 Å². The second kappa shape index (κ2) is 14.4. The van der Waals surface area contributed by atoms with Crippen LogP contribution in [0.1, 0.15) is 11.1 Å². The molecular weight excluding hydrogens is 661 g/mol. The Bertz CT molecular complexity index is 1730. The maximum absolute atomic E-state index is 13.4. The summed E-state index contributed by atoms with van der Waals surface area (Å²) in [4.78, 5) is 25.1. The number of methoxy groups -OCH3 is 2. The molecule has 4 rings (SSSR count). The van der Waals surface area contributed by atoms with Crippen LogP contribution in [0.2, 0.25) is 0 Å². The lowest BCUT2D eigenvalue weighted by molar-refractivity contribution is 0.266. The minimum Gasteiger partial charge on any atom is -0.497 e. The van der Waals surface area contributed by atoms with E-state index in [4.69, 9.17) is 19.8 Å². The van der Waals surface area contributed by atoms with Crippen molar-refractivity contribution >= 4 is 65.8 Å². The van der Waals surface area contributed by atoms with Crippen molar-refractivity contribution < 1.29 is 35.9 Å². The number of hydrogen-bond donors (Lipinski definition) is 2. The zero-order valence-electron chi connectivity index (χ0n) is 23.9. The molecule has 0 heterocycles. The summed E-state index contributed by atoms with van der Waals surface area (Å²) >= 11 is 0.540. The Balaban J connectivity index is 1.57. The van der Waals surface area contributed by atoms with Crippen molar-refractivity contribution in [2.75, 3.05) is 22.8 Å². The molecule has 0 atom stereocenters. The van der Waals surface area contributed by atoms with E-state index >= 15 is 0 Å². The van der Waals surface area contributed by atoms with Crippen LogP contribution < -0.4 is 28.4 Å². The first-order valence-electron chi connectivity index (χ1n) is 12.8. The molecule has 0 aliphatic carbocycles. The molecule has 2 amide bonds. The molecule has 4 N–H and O–H groups in total. The number of carbonyl (C=O) groups excluding carboxylic acids is 2. The van der Waals surface area contributed by atoms with Gasteiger partial charge in [0.2, 0.25) is 0 Å².